The molecule has 1 atom stereocenters. The van der Waals surface area contributed by atoms with Crippen LogP contribution in [0.4, 0.5) is 0 Å². The van der Waals surface area contributed by atoms with Gasteiger partial charge in [-0.1, -0.05) is 13.8 Å². The van der Waals surface area contributed by atoms with Crippen molar-refractivity contribution in [1.82, 2.24) is 19.9 Å². The van der Waals surface area contributed by atoms with Crippen molar-refractivity contribution >= 4 is 12.1 Å². The second-order valence-corrected chi connectivity index (χ2v) is 5.70. The van der Waals surface area contributed by atoms with Crippen LogP contribution in [0, 0.1) is 5.41 Å². The van der Waals surface area contributed by atoms with E-state index in [1.54, 1.807) is 38.6 Å². The number of Topliss-reactive ketones (excluding diaryl/α,β-unsaturated/α-hetero) is 1. The molecule has 112 valence electrons. The first-order chi connectivity index (χ1) is 10.0. The summed E-state index contributed by atoms with van der Waals surface area (Å²) < 4.78 is 0. The number of carbonyl (C=O) groups excluding carboxylic acids is 2. The van der Waals surface area contributed by atoms with E-state index in [0.29, 0.717) is 25.1 Å². The number of H-pyrrole nitrogens is 2. The average Bonchev–Trinajstić information content (AvgIpc) is 3.12. The molecular weight excluding hydrogens is 268 g/mol. The Balaban J connectivity index is 2.03. The van der Waals surface area contributed by atoms with Crippen LogP contribution in [0.3, 0.4) is 0 Å². The second-order valence-electron chi connectivity index (χ2n) is 5.70. The zero-order valence-corrected chi connectivity index (χ0v) is 12.3. The van der Waals surface area contributed by atoms with Crippen molar-refractivity contribution in [3.05, 3.63) is 36.4 Å². The van der Waals surface area contributed by atoms with E-state index in [4.69, 9.17) is 0 Å². The van der Waals surface area contributed by atoms with Crippen LogP contribution in [0.1, 0.15) is 44.3 Å². The number of aromatic nitrogens is 4. The number of aryl methyl sites for hydroxylation is 1. The first kappa shape index (κ1) is 15.2. The number of nitrogens with one attached hydrogen (secondary N) is 2. The molecule has 0 radical (unpaired) electrons. The van der Waals surface area contributed by atoms with Crippen LogP contribution in [-0.2, 0) is 16.0 Å². The summed E-state index contributed by atoms with van der Waals surface area (Å²) in [4.78, 5) is 38.1. The largest absolute Gasteiger partial charge is 0.349 e. The van der Waals surface area contributed by atoms with E-state index < -0.39 is 11.3 Å². The number of carbonyl (C=O) groups is 2. The summed E-state index contributed by atoms with van der Waals surface area (Å²) >= 11 is 0. The molecule has 0 fully saturated rings. The monoisotopic (exact) mass is 288 g/mol. The van der Waals surface area contributed by atoms with Crippen molar-refractivity contribution in [3.8, 4) is 0 Å². The molecule has 0 saturated carbocycles. The highest BCUT2D eigenvalue weighted by atomic mass is 16.1. The zero-order valence-electron chi connectivity index (χ0n) is 12.3. The van der Waals surface area contributed by atoms with E-state index in [2.05, 4.69) is 19.9 Å². The topological polar surface area (TPSA) is 91.5 Å². The average molecular weight is 288 g/mol. The third kappa shape index (κ3) is 3.65. The van der Waals surface area contributed by atoms with Gasteiger partial charge < -0.3 is 14.8 Å². The number of hydrogen-bond acceptors (Lipinski definition) is 4. The number of hydrogen-bond donors (Lipinski definition) is 2. The lowest BCUT2D eigenvalue weighted by atomic mass is 9.76. The minimum Gasteiger partial charge on any atom is -0.349 e. The van der Waals surface area contributed by atoms with Crippen molar-refractivity contribution in [2.24, 2.45) is 5.41 Å². The highest BCUT2D eigenvalue weighted by Crippen LogP contribution is 2.34. The smallest absolute Gasteiger partial charge is 0.144 e. The summed E-state index contributed by atoms with van der Waals surface area (Å²) in [6.07, 6.45) is 9.34. The zero-order chi connectivity index (χ0) is 15.3. The Morgan fingerprint density at radius 3 is 2.57 bits per heavy atom. The minimum atomic E-state index is -0.778. The molecule has 0 spiro atoms. The molecule has 0 aliphatic carbocycles. The predicted molar refractivity (Wildman–Crippen MR) is 77.7 cm³/mol. The normalized spacial score (nSPS) is 13.0. The molecule has 6 heteroatoms. The van der Waals surface area contributed by atoms with Gasteiger partial charge in [-0.2, -0.15) is 0 Å². The molecule has 0 aliphatic heterocycles. The molecular formula is C15H20N4O2. The molecule has 2 aromatic heterocycles. The number of imidazole rings is 2. The molecule has 0 aromatic carbocycles. The third-order valence-corrected chi connectivity index (χ3v) is 3.55. The Kier molecular flexibility index (Phi) is 4.67. The minimum absolute atomic E-state index is 0.0219. The van der Waals surface area contributed by atoms with Gasteiger partial charge in [0.15, 0.2) is 0 Å². The SMILES string of the molecule is CC(C)(C=O)C(C(=O)CCCc1ncc[nH]1)c1ncc[nH]1. The number of aldehydes is 1. The van der Waals surface area contributed by atoms with Gasteiger partial charge in [0, 0.05) is 43.0 Å². The lowest BCUT2D eigenvalue weighted by Gasteiger charge is -2.26. The first-order valence-corrected chi connectivity index (χ1v) is 7.01. The molecule has 0 bridgehead atoms. The van der Waals surface area contributed by atoms with Crippen molar-refractivity contribution in [1.29, 1.82) is 0 Å². The summed E-state index contributed by atoms with van der Waals surface area (Å²) in [7, 11) is 0. The van der Waals surface area contributed by atoms with E-state index in [0.717, 1.165) is 12.1 Å². The second kappa shape index (κ2) is 6.47. The third-order valence-electron chi connectivity index (χ3n) is 3.55. The van der Waals surface area contributed by atoms with E-state index in [9.17, 15) is 9.59 Å². The van der Waals surface area contributed by atoms with Crippen LogP contribution >= 0.6 is 0 Å². The van der Waals surface area contributed by atoms with Gasteiger partial charge >= 0.3 is 0 Å². The van der Waals surface area contributed by atoms with Crippen LogP contribution in [-0.4, -0.2) is 32.0 Å². The highest BCUT2D eigenvalue weighted by Gasteiger charge is 2.37. The Morgan fingerprint density at radius 2 is 2.00 bits per heavy atom. The number of nitrogens with zero attached hydrogens (tertiary/aromatic N) is 2. The fourth-order valence-corrected chi connectivity index (χ4v) is 2.43. The van der Waals surface area contributed by atoms with Crippen LogP contribution in [0.5, 0.6) is 0 Å². The molecule has 21 heavy (non-hydrogen) atoms. The fraction of sp³-hybridized carbons (Fsp3) is 0.467. The van der Waals surface area contributed by atoms with E-state index in [-0.39, 0.29) is 5.78 Å². The fourth-order valence-electron chi connectivity index (χ4n) is 2.43. The molecule has 2 rings (SSSR count). The van der Waals surface area contributed by atoms with Gasteiger partial charge in [0.05, 0.1) is 5.92 Å². The van der Waals surface area contributed by atoms with Gasteiger partial charge in [-0.25, -0.2) is 9.97 Å². The molecule has 2 heterocycles. The van der Waals surface area contributed by atoms with E-state index in [1.807, 2.05) is 0 Å². The van der Waals surface area contributed by atoms with Gasteiger partial charge in [0.2, 0.25) is 0 Å². The standard InChI is InChI=1S/C15H20N4O2/c1-15(2,10-20)13(14-18-8-9-19-14)11(21)4-3-5-12-16-6-7-17-12/h6-10,13H,3-5H2,1-2H3,(H,16,17)(H,18,19). The number of aromatic amines is 2. The van der Waals surface area contributed by atoms with Crippen LogP contribution in [0.2, 0.25) is 0 Å². The van der Waals surface area contributed by atoms with Gasteiger partial charge in [-0.05, 0) is 6.42 Å². The summed E-state index contributed by atoms with van der Waals surface area (Å²) in [6.45, 7) is 3.52. The highest BCUT2D eigenvalue weighted by molar-refractivity contribution is 5.89. The van der Waals surface area contributed by atoms with Gasteiger partial charge in [0.25, 0.3) is 0 Å². The van der Waals surface area contributed by atoms with Crippen LogP contribution < -0.4 is 0 Å². The molecule has 2 N–H and O–H groups in total. The summed E-state index contributed by atoms with van der Waals surface area (Å²) in [6, 6.07) is 0. The molecule has 0 aliphatic rings. The molecule has 0 amide bonds. The number of ketones is 1. The van der Waals surface area contributed by atoms with Crippen LogP contribution in [0.15, 0.2) is 24.8 Å². The molecule has 1 unspecified atom stereocenters. The maximum absolute atomic E-state index is 12.5. The van der Waals surface area contributed by atoms with Gasteiger partial charge in [-0.3, -0.25) is 4.79 Å². The molecule has 0 saturated heterocycles. The Hall–Kier alpha value is -2.24. The van der Waals surface area contributed by atoms with Crippen molar-refractivity contribution in [2.45, 2.75) is 39.0 Å². The maximum atomic E-state index is 12.5. The lowest BCUT2D eigenvalue weighted by molar-refractivity contribution is -0.128. The first-order valence-electron chi connectivity index (χ1n) is 7.01. The Labute approximate surface area is 123 Å². The van der Waals surface area contributed by atoms with E-state index in [1.165, 1.54) is 0 Å². The van der Waals surface area contributed by atoms with Crippen molar-refractivity contribution < 1.29 is 9.59 Å². The van der Waals surface area contributed by atoms with Crippen molar-refractivity contribution in [2.75, 3.05) is 0 Å². The van der Waals surface area contributed by atoms with Crippen molar-refractivity contribution in [3.63, 3.8) is 0 Å². The summed E-state index contributed by atoms with van der Waals surface area (Å²) in [5.41, 5.74) is -0.778. The van der Waals surface area contributed by atoms with Crippen LogP contribution in [0.25, 0.3) is 0 Å². The quantitative estimate of drug-likeness (QED) is 0.727. The number of rotatable bonds is 8. The summed E-state index contributed by atoms with van der Waals surface area (Å²) in [5.74, 6) is 0.900. The molecule has 2 aromatic rings. The predicted octanol–water partition coefficient (Wildman–Crippen LogP) is 2.03. The van der Waals surface area contributed by atoms with Gasteiger partial charge in [0.1, 0.15) is 23.7 Å². The Bertz CT molecular complexity index is 573. The Morgan fingerprint density at radius 1 is 1.29 bits per heavy atom. The lowest BCUT2D eigenvalue weighted by Crippen LogP contribution is -2.31. The van der Waals surface area contributed by atoms with Gasteiger partial charge in [-0.15, -0.1) is 0 Å². The summed E-state index contributed by atoms with van der Waals surface area (Å²) in [5, 5.41) is 0. The van der Waals surface area contributed by atoms with E-state index >= 15 is 0 Å². The molecule has 6 nitrogen and oxygen atoms in total. The maximum Gasteiger partial charge on any atom is 0.144 e.